The van der Waals surface area contributed by atoms with Gasteiger partial charge in [0.25, 0.3) is 0 Å². The van der Waals surface area contributed by atoms with Gasteiger partial charge in [-0.25, -0.2) is 9.79 Å². The molecule has 0 radical (unpaired) electrons. The van der Waals surface area contributed by atoms with Crippen LogP contribution in [0.4, 0.5) is 4.79 Å². The normalized spacial score (nSPS) is 12.3. The van der Waals surface area contributed by atoms with Gasteiger partial charge in [-0.15, -0.1) is 0 Å². The number of aliphatic imine (C=N–C) groups is 1. The van der Waals surface area contributed by atoms with Crippen LogP contribution in [-0.4, -0.2) is 43.4 Å². The molecule has 0 saturated carbocycles. The molecule has 0 spiro atoms. The molecule has 3 N–H and O–H groups in total. The van der Waals surface area contributed by atoms with Gasteiger partial charge >= 0.3 is 6.09 Å². The zero-order valence-electron chi connectivity index (χ0n) is 17.6. The van der Waals surface area contributed by atoms with Gasteiger partial charge < -0.3 is 25.4 Å². The lowest BCUT2D eigenvalue weighted by atomic mass is 10.1. The second-order valence-corrected chi connectivity index (χ2v) is 7.91. The summed E-state index contributed by atoms with van der Waals surface area (Å²) < 4.78 is 10.5. The third-order valence-corrected chi connectivity index (χ3v) is 3.46. The molecule has 1 amide bonds. The summed E-state index contributed by atoms with van der Waals surface area (Å²) in [6.07, 6.45) is -0.436. The molecule has 0 heterocycles. The zero-order valence-corrected chi connectivity index (χ0v) is 17.6. The molecule has 152 valence electrons. The van der Waals surface area contributed by atoms with Crippen molar-refractivity contribution in [3.8, 4) is 5.75 Å². The van der Waals surface area contributed by atoms with Crippen LogP contribution in [0.2, 0.25) is 0 Å². The summed E-state index contributed by atoms with van der Waals surface area (Å²) in [6, 6.07) is 7.80. The topological polar surface area (TPSA) is 84.0 Å². The number of alkyl carbamates (subject to hydrolysis) is 1. The fraction of sp³-hybridized carbons (Fsp3) is 0.600. The van der Waals surface area contributed by atoms with Gasteiger partial charge in [0, 0.05) is 13.1 Å². The molecular weight excluding hydrogens is 344 g/mol. The lowest BCUT2D eigenvalue weighted by Gasteiger charge is -2.29. The molecule has 0 bridgehead atoms. The average molecular weight is 379 g/mol. The molecule has 1 rings (SSSR count). The van der Waals surface area contributed by atoms with Crippen molar-refractivity contribution in [3.05, 3.63) is 29.8 Å². The van der Waals surface area contributed by atoms with Gasteiger partial charge in [-0.3, -0.25) is 0 Å². The minimum Gasteiger partial charge on any atom is -0.497 e. The number of rotatable bonds is 7. The van der Waals surface area contributed by atoms with E-state index in [-0.39, 0.29) is 0 Å². The highest BCUT2D eigenvalue weighted by Gasteiger charge is 2.24. The third-order valence-electron chi connectivity index (χ3n) is 3.46. The number of guanidine groups is 1. The summed E-state index contributed by atoms with van der Waals surface area (Å²) in [4.78, 5) is 16.6. The molecule has 1 aromatic carbocycles. The Morgan fingerprint density at radius 3 is 2.22 bits per heavy atom. The lowest BCUT2D eigenvalue weighted by Crippen LogP contribution is -2.54. The molecule has 0 atom stereocenters. The minimum absolute atomic E-state index is 0.436. The highest BCUT2D eigenvalue weighted by Crippen LogP contribution is 2.12. The van der Waals surface area contributed by atoms with Crippen molar-refractivity contribution in [2.24, 2.45) is 4.99 Å². The van der Waals surface area contributed by atoms with Gasteiger partial charge in [0.2, 0.25) is 0 Å². The van der Waals surface area contributed by atoms with E-state index in [1.165, 1.54) is 0 Å². The number of nitrogens with zero attached hydrogens (tertiary/aromatic N) is 1. The monoisotopic (exact) mass is 378 g/mol. The van der Waals surface area contributed by atoms with Crippen molar-refractivity contribution in [2.45, 2.75) is 59.2 Å². The first kappa shape index (κ1) is 22.6. The lowest BCUT2D eigenvalue weighted by molar-refractivity contribution is 0.0474. The third kappa shape index (κ3) is 9.72. The van der Waals surface area contributed by atoms with Crippen LogP contribution < -0.4 is 20.7 Å². The van der Waals surface area contributed by atoms with Gasteiger partial charge in [0.15, 0.2) is 5.96 Å². The summed E-state index contributed by atoms with van der Waals surface area (Å²) >= 11 is 0. The molecule has 0 aliphatic heterocycles. The van der Waals surface area contributed by atoms with Crippen molar-refractivity contribution < 1.29 is 14.3 Å². The number of ether oxygens (including phenoxy) is 2. The van der Waals surface area contributed by atoms with Crippen molar-refractivity contribution in [2.75, 3.05) is 20.2 Å². The van der Waals surface area contributed by atoms with Crippen LogP contribution in [0.15, 0.2) is 29.3 Å². The van der Waals surface area contributed by atoms with E-state index >= 15 is 0 Å². The van der Waals surface area contributed by atoms with E-state index in [0.29, 0.717) is 19.0 Å². The fourth-order valence-corrected chi connectivity index (χ4v) is 2.17. The van der Waals surface area contributed by atoms with Crippen molar-refractivity contribution in [1.29, 1.82) is 0 Å². The van der Waals surface area contributed by atoms with Crippen LogP contribution in [0.3, 0.4) is 0 Å². The summed E-state index contributed by atoms with van der Waals surface area (Å²) in [5, 5.41) is 9.35. The van der Waals surface area contributed by atoms with Crippen LogP contribution >= 0.6 is 0 Å². The highest BCUT2D eigenvalue weighted by atomic mass is 16.6. The van der Waals surface area contributed by atoms with E-state index in [9.17, 15) is 4.79 Å². The first-order valence-electron chi connectivity index (χ1n) is 9.21. The molecule has 7 heteroatoms. The van der Waals surface area contributed by atoms with Crippen molar-refractivity contribution in [1.82, 2.24) is 16.0 Å². The Balaban J connectivity index is 2.62. The Morgan fingerprint density at radius 2 is 1.70 bits per heavy atom. The van der Waals surface area contributed by atoms with Crippen LogP contribution in [-0.2, 0) is 11.3 Å². The van der Waals surface area contributed by atoms with Crippen LogP contribution in [0.5, 0.6) is 5.75 Å². The number of carbonyl (C=O) groups excluding carboxylic acids is 1. The van der Waals surface area contributed by atoms with Gasteiger partial charge in [0.05, 0.1) is 19.2 Å². The second kappa shape index (κ2) is 10.0. The summed E-state index contributed by atoms with van der Waals surface area (Å²) in [5.74, 6) is 1.51. The van der Waals surface area contributed by atoms with Crippen LogP contribution in [0.25, 0.3) is 0 Å². The molecule has 7 nitrogen and oxygen atoms in total. The van der Waals surface area contributed by atoms with E-state index in [2.05, 4.69) is 20.9 Å². The molecule has 0 unspecified atom stereocenters. The van der Waals surface area contributed by atoms with Gasteiger partial charge in [0.1, 0.15) is 11.4 Å². The standard InChI is InChI=1S/C20H34N4O3/c1-8-21-17(22-13-15-9-11-16(26-7)12-10-15)23-14-20(5,6)24-18(25)27-19(2,3)4/h9-12H,8,13-14H2,1-7H3,(H,24,25)(H2,21,22,23). The Kier molecular flexibility index (Phi) is 8.40. The molecule has 0 aliphatic carbocycles. The van der Waals surface area contributed by atoms with E-state index in [0.717, 1.165) is 17.9 Å². The zero-order chi connectivity index (χ0) is 20.5. The first-order valence-corrected chi connectivity index (χ1v) is 9.21. The van der Waals surface area contributed by atoms with Crippen LogP contribution in [0.1, 0.15) is 47.1 Å². The molecular formula is C20H34N4O3. The quantitative estimate of drug-likeness (QED) is 0.502. The Morgan fingerprint density at radius 1 is 1.07 bits per heavy atom. The number of carbonyl (C=O) groups is 1. The van der Waals surface area contributed by atoms with Crippen molar-refractivity contribution >= 4 is 12.1 Å². The molecule has 0 aliphatic rings. The Bertz CT molecular complexity index is 619. The number of hydrogen-bond acceptors (Lipinski definition) is 4. The Hall–Kier alpha value is -2.44. The van der Waals surface area contributed by atoms with Crippen LogP contribution in [0, 0.1) is 0 Å². The number of nitrogens with one attached hydrogen (secondary N) is 3. The summed E-state index contributed by atoms with van der Waals surface area (Å²) in [5.41, 5.74) is 0.0557. The predicted octanol–water partition coefficient (Wildman–Crippen LogP) is 3.05. The maximum atomic E-state index is 12.0. The minimum atomic E-state index is -0.525. The number of methoxy groups -OCH3 is 1. The maximum absolute atomic E-state index is 12.0. The van der Waals surface area contributed by atoms with Crippen molar-refractivity contribution in [3.63, 3.8) is 0 Å². The van der Waals surface area contributed by atoms with E-state index in [4.69, 9.17) is 9.47 Å². The fourth-order valence-electron chi connectivity index (χ4n) is 2.17. The average Bonchev–Trinajstić information content (AvgIpc) is 2.55. The predicted molar refractivity (Wildman–Crippen MR) is 109 cm³/mol. The number of amides is 1. The largest absolute Gasteiger partial charge is 0.497 e. The molecule has 0 saturated heterocycles. The maximum Gasteiger partial charge on any atom is 0.408 e. The Labute approximate surface area is 162 Å². The molecule has 0 aromatic heterocycles. The molecule has 27 heavy (non-hydrogen) atoms. The van der Waals surface area contributed by atoms with Gasteiger partial charge in [-0.1, -0.05) is 12.1 Å². The number of hydrogen-bond donors (Lipinski definition) is 3. The summed E-state index contributed by atoms with van der Waals surface area (Å²) in [7, 11) is 1.65. The van der Waals surface area contributed by atoms with Gasteiger partial charge in [-0.05, 0) is 59.2 Å². The SMILES string of the molecule is CCNC(=NCc1ccc(OC)cc1)NCC(C)(C)NC(=O)OC(C)(C)C. The summed E-state index contributed by atoms with van der Waals surface area (Å²) in [6.45, 7) is 13.2. The number of benzene rings is 1. The molecule has 0 fully saturated rings. The second-order valence-electron chi connectivity index (χ2n) is 7.91. The highest BCUT2D eigenvalue weighted by molar-refractivity contribution is 5.80. The smallest absolute Gasteiger partial charge is 0.408 e. The van der Waals surface area contributed by atoms with E-state index in [1.54, 1.807) is 7.11 Å². The van der Waals surface area contributed by atoms with Gasteiger partial charge in [-0.2, -0.15) is 0 Å². The molecule has 1 aromatic rings. The van der Waals surface area contributed by atoms with E-state index < -0.39 is 17.2 Å². The van der Waals surface area contributed by atoms with E-state index in [1.807, 2.05) is 65.8 Å². The first-order chi connectivity index (χ1) is 12.5.